The summed E-state index contributed by atoms with van der Waals surface area (Å²) in [5, 5.41) is 0. The van der Waals surface area contributed by atoms with Crippen LogP contribution in [0.2, 0.25) is 0 Å². The highest BCUT2D eigenvalue weighted by atomic mass is 79.9. The number of piperidine rings is 1. The van der Waals surface area contributed by atoms with Crippen molar-refractivity contribution in [2.45, 2.75) is 51.5 Å². The number of halogens is 1. The van der Waals surface area contributed by atoms with Crippen molar-refractivity contribution >= 4 is 21.8 Å². The smallest absolute Gasteiger partial charge is 0.254 e. The molecule has 1 aliphatic carbocycles. The SMILES string of the molecule is Cc1ccc(C(=O)N2CCCC3CCCCC32)cc1Br. The standard InChI is InChI=1S/C17H22BrNO/c1-12-8-9-14(11-15(12)18)17(20)19-10-4-6-13-5-2-3-7-16(13)19/h8-9,11,13,16H,2-7,10H2,1H3. The summed E-state index contributed by atoms with van der Waals surface area (Å²) in [4.78, 5) is 15.0. The monoisotopic (exact) mass is 335 g/mol. The topological polar surface area (TPSA) is 20.3 Å². The zero-order chi connectivity index (χ0) is 14.1. The molecule has 1 aliphatic heterocycles. The van der Waals surface area contributed by atoms with Crippen LogP contribution in [0.4, 0.5) is 0 Å². The van der Waals surface area contributed by atoms with E-state index in [-0.39, 0.29) is 5.91 Å². The summed E-state index contributed by atoms with van der Waals surface area (Å²) in [5.41, 5.74) is 2.00. The largest absolute Gasteiger partial charge is 0.335 e. The summed E-state index contributed by atoms with van der Waals surface area (Å²) >= 11 is 3.54. The van der Waals surface area contributed by atoms with Crippen molar-refractivity contribution in [3.05, 3.63) is 33.8 Å². The van der Waals surface area contributed by atoms with E-state index in [1.54, 1.807) is 0 Å². The Kier molecular flexibility index (Phi) is 4.16. The molecule has 1 aromatic rings. The van der Waals surface area contributed by atoms with Gasteiger partial charge in [-0.3, -0.25) is 4.79 Å². The molecule has 0 bridgehead atoms. The first-order valence-electron chi connectivity index (χ1n) is 7.74. The van der Waals surface area contributed by atoms with Gasteiger partial charge in [0.05, 0.1) is 0 Å². The first-order valence-corrected chi connectivity index (χ1v) is 8.53. The third-order valence-electron chi connectivity index (χ3n) is 4.92. The van der Waals surface area contributed by atoms with E-state index in [2.05, 4.69) is 27.8 Å². The van der Waals surface area contributed by atoms with Crippen molar-refractivity contribution in [2.24, 2.45) is 5.92 Å². The van der Waals surface area contributed by atoms with Gasteiger partial charge in [-0.2, -0.15) is 0 Å². The fourth-order valence-electron chi connectivity index (χ4n) is 3.77. The molecule has 2 aliphatic rings. The molecule has 3 rings (SSSR count). The molecule has 0 N–H and O–H groups in total. The molecule has 108 valence electrons. The number of aryl methyl sites for hydroxylation is 1. The lowest BCUT2D eigenvalue weighted by Gasteiger charge is -2.44. The molecule has 1 amide bonds. The number of hydrogen-bond acceptors (Lipinski definition) is 1. The summed E-state index contributed by atoms with van der Waals surface area (Å²) in [7, 11) is 0. The van der Waals surface area contributed by atoms with Crippen LogP contribution in [0.25, 0.3) is 0 Å². The minimum Gasteiger partial charge on any atom is -0.335 e. The predicted molar refractivity (Wildman–Crippen MR) is 84.9 cm³/mol. The van der Waals surface area contributed by atoms with Crippen LogP contribution >= 0.6 is 15.9 Å². The molecule has 2 nitrogen and oxygen atoms in total. The molecular formula is C17H22BrNO. The molecule has 2 atom stereocenters. The lowest BCUT2D eigenvalue weighted by molar-refractivity contribution is 0.0390. The van der Waals surface area contributed by atoms with Gasteiger partial charge in [-0.1, -0.05) is 34.8 Å². The molecule has 2 fully saturated rings. The second-order valence-corrected chi connectivity index (χ2v) is 7.07. The Hall–Kier alpha value is -0.830. The molecule has 2 unspecified atom stereocenters. The lowest BCUT2D eigenvalue weighted by atomic mass is 9.78. The number of rotatable bonds is 1. The second kappa shape index (κ2) is 5.88. The predicted octanol–water partition coefficient (Wildman–Crippen LogP) is 4.55. The average Bonchev–Trinajstić information content (AvgIpc) is 2.49. The Morgan fingerprint density at radius 3 is 2.75 bits per heavy atom. The van der Waals surface area contributed by atoms with Gasteiger partial charge in [0.2, 0.25) is 0 Å². The third kappa shape index (κ3) is 2.65. The van der Waals surface area contributed by atoms with Crippen LogP contribution in [0.3, 0.4) is 0 Å². The summed E-state index contributed by atoms with van der Waals surface area (Å²) in [6.45, 7) is 2.99. The van der Waals surface area contributed by atoms with Crippen LogP contribution in [0, 0.1) is 12.8 Å². The zero-order valence-corrected chi connectivity index (χ0v) is 13.7. The highest BCUT2D eigenvalue weighted by Gasteiger charge is 2.35. The lowest BCUT2D eigenvalue weighted by Crippen LogP contribution is -2.49. The number of nitrogens with zero attached hydrogens (tertiary/aromatic N) is 1. The summed E-state index contributed by atoms with van der Waals surface area (Å²) < 4.78 is 1.03. The molecular weight excluding hydrogens is 314 g/mol. The third-order valence-corrected chi connectivity index (χ3v) is 5.78. The molecule has 1 saturated carbocycles. The van der Waals surface area contributed by atoms with Crippen LogP contribution in [0.15, 0.2) is 22.7 Å². The molecule has 0 aromatic heterocycles. The average molecular weight is 336 g/mol. The number of carbonyl (C=O) groups excluding carboxylic acids is 1. The maximum absolute atomic E-state index is 12.8. The van der Waals surface area contributed by atoms with Crippen LogP contribution in [0.1, 0.15) is 54.4 Å². The number of carbonyl (C=O) groups is 1. The van der Waals surface area contributed by atoms with E-state index < -0.39 is 0 Å². The Morgan fingerprint density at radius 1 is 1.20 bits per heavy atom. The van der Waals surface area contributed by atoms with Crippen LogP contribution < -0.4 is 0 Å². The number of benzene rings is 1. The van der Waals surface area contributed by atoms with E-state index in [4.69, 9.17) is 0 Å². The van der Waals surface area contributed by atoms with Gasteiger partial charge < -0.3 is 4.90 Å². The van der Waals surface area contributed by atoms with Gasteiger partial charge in [-0.15, -0.1) is 0 Å². The van der Waals surface area contributed by atoms with E-state index >= 15 is 0 Å². The number of fused-ring (bicyclic) bond motifs is 1. The van der Waals surface area contributed by atoms with Crippen molar-refractivity contribution in [1.29, 1.82) is 0 Å². The number of hydrogen-bond donors (Lipinski definition) is 0. The minimum absolute atomic E-state index is 0.224. The Morgan fingerprint density at radius 2 is 1.95 bits per heavy atom. The van der Waals surface area contributed by atoms with Crippen molar-refractivity contribution < 1.29 is 4.79 Å². The summed E-state index contributed by atoms with van der Waals surface area (Å²) in [5.74, 6) is 0.970. The van der Waals surface area contributed by atoms with E-state index in [0.29, 0.717) is 6.04 Å². The Labute approximate surface area is 129 Å². The highest BCUT2D eigenvalue weighted by molar-refractivity contribution is 9.10. The van der Waals surface area contributed by atoms with Crippen molar-refractivity contribution in [1.82, 2.24) is 4.90 Å². The zero-order valence-electron chi connectivity index (χ0n) is 12.1. The maximum atomic E-state index is 12.8. The van der Waals surface area contributed by atoms with Crippen molar-refractivity contribution in [3.8, 4) is 0 Å². The van der Waals surface area contributed by atoms with Gasteiger partial charge in [0.25, 0.3) is 5.91 Å². The molecule has 1 aromatic carbocycles. The van der Waals surface area contributed by atoms with E-state index in [1.165, 1.54) is 44.1 Å². The highest BCUT2D eigenvalue weighted by Crippen LogP contribution is 2.36. The van der Waals surface area contributed by atoms with Gasteiger partial charge in [-0.25, -0.2) is 0 Å². The van der Waals surface area contributed by atoms with Crippen LogP contribution in [-0.4, -0.2) is 23.4 Å². The fraction of sp³-hybridized carbons (Fsp3) is 0.588. The van der Waals surface area contributed by atoms with Gasteiger partial charge in [0, 0.05) is 22.6 Å². The van der Waals surface area contributed by atoms with E-state index in [9.17, 15) is 4.79 Å². The van der Waals surface area contributed by atoms with Crippen molar-refractivity contribution in [2.75, 3.05) is 6.54 Å². The first kappa shape index (κ1) is 14.1. The van der Waals surface area contributed by atoms with Gasteiger partial charge in [-0.05, 0) is 56.2 Å². The molecule has 3 heteroatoms. The molecule has 0 radical (unpaired) electrons. The van der Waals surface area contributed by atoms with Gasteiger partial charge in [0.15, 0.2) is 0 Å². The Balaban J connectivity index is 1.83. The second-order valence-electron chi connectivity index (χ2n) is 6.22. The van der Waals surface area contributed by atoms with E-state index in [0.717, 1.165) is 22.5 Å². The summed E-state index contributed by atoms with van der Waals surface area (Å²) in [6, 6.07) is 6.46. The fourth-order valence-corrected chi connectivity index (χ4v) is 4.15. The summed E-state index contributed by atoms with van der Waals surface area (Å²) in [6.07, 6.45) is 7.61. The maximum Gasteiger partial charge on any atom is 0.254 e. The quantitative estimate of drug-likeness (QED) is 0.737. The minimum atomic E-state index is 0.224. The van der Waals surface area contributed by atoms with E-state index in [1.807, 2.05) is 18.2 Å². The normalized spacial score (nSPS) is 26.2. The number of amides is 1. The van der Waals surface area contributed by atoms with Crippen molar-refractivity contribution in [3.63, 3.8) is 0 Å². The van der Waals surface area contributed by atoms with Crippen LogP contribution in [-0.2, 0) is 0 Å². The number of likely N-dealkylation sites (tertiary alicyclic amines) is 1. The molecule has 1 saturated heterocycles. The van der Waals surface area contributed by atoms with Crippen LogP contribution in [0.5, 0.6) is 0 Å². The molecule has 20 heavy (non-hydrogen) atoms. The van der Waals surface area contributed by atoms with Gasteiger partial charge in [0.1, 0.15) is 0 Å². The van der Waals surface area contributed by atoms with Gasteiger partial charge >= 0.3 is 0 Å². The Bertz CT molecular complexity index is 512. The molecule has 0 spiro atoms. The molecule has 1 heterocycles. The first-order chi connectivity index (χ1) is 9.66.